The van der Waals surface area contributed by atoms with Crippen molar-refractivity contribution in [1.29, 1.82) is 0 Å². The Hall–Kier alpha value is -1.38. The molecule has 0 aromatic heterocycles. The SMILES string of the molecule is CC(C)(C)C(=O)c1ccc(F)c(OCC2CC2)c1. The molecule has 1 aromatic rings. The van der Waals surface area contributed by atoms with Gasteiger partial charge in [0.05, 0.1) is 6.61 Å². The van der Waals surface area contributed by atoms with Crippen LogP contribution in [-0.2, 0) is 0 Å². The Labute approximate surface area is 107 Å². The van der Waals surface area contributed by atoms with E-state index in [1.807, 2.05) is 20.8 Å². The fourth-order valence-corrected chi connectivity index (χ4v) is 1.68. The molecule has 0 spiro atoms. The lowest BCUT2D eigenvalue weighted by molar-refractivity contribution is 0.0857. The Kier molecular flexibility index (Phi) is 3.42. The minimum Gasteiger partial charge on any atom is -0.490 e. The fraction of sp³-hybridized carbons (Fsp3) is 0.533. The molecule has 2 nitrogen and oxygen atoms in total. The Morgan fingerprint density at radius 1 is 1.39 bits per heavy atom. The zero-order valence-electron chi connectivity index (χ0n) is 11.1. The second-order valence-electron chi connectivity index (χ2n) is 5.98. The Morgan fingerprint density at radius 3 is 2.61 bits per heavy atom. The van der Waals surface area contributed by atoms with Gasteiger partial charge in [-0.25, -0.2) is 4.39 Å². The minimum atomic E-state index is -0.467. The molecule has 0 atom stereocenters. The standard InChI is InChI=1S/C15H19FO2/c1-15(2,3)14(17)11-6-7-12(16)13(8-11)18-9-10-4-5-10/h6-8,10H,4-5,9H2,1-3H3. The summed E-state index contributed by atoms with van der Waals surface area (Å²) >= 11 is 0. The monoisotopic (exact) mass is 250 g/mol. The molecule has 18 heavy (non-hydrogen) atoms. The number of rotatable bonds is 4. The number of carbonyl (C=O) groups excluding carboxylic acids is 1. The number of Topliss-reactive ketones (excluding diaryl/α,β-unsaturated/α-hetero) is 1. The lowest BCUT2D eigenvalue weighted by Gasteiger charge is -2.17. The largest absolute Gasteiger partial charge is 0.490 e. The summed E-state index contributed by atoms with van der Waals surface area (Å²) < 4.78 is 19.0. The van der Waals surface area contributed by atoms with Crippen LogP contribution in [0.4, 0.5) is 4.39 Å². The van der Waals surface area contributed by atoms with Crippen LogP contribution in [0.1, 0.15) is 44.0 Å². The van der Waals surface area contributed by atoms with Gasteiger partial charge in [-0.1, -0.05) is 20.8 Å². The van der Waals surface area contributed by atoms with Gasteiger partial charge in [0.25, 0.3) is 0 Å². The second-order valence-corrected chi connectivity index (χ2v) is 5.98. The molecule has 1 saturated carbocycles. The zero-order chi connectivity index (χ0) is 13.3. The summed E-state index contributed by atoms with van der Waals surface area (Å²) in [5.74, 6) is 0.350. The number of benzene rings is 1. The Balaban J connectivity index is 2.16. The van der Waals surface area contributed by atoms with Crippen LogP contribution >= 0.6 is 0 Å². The summed E-state index contributed by atoms with van der Waals surface area (Å²) in [5.41, 5.74) is 0.0423. The quantitative estimate of drug-likeness (QED) is 0.759. The molecule has 98 valence electrons. The van der Waals surface area contributed by atoms with Crippen molar-refractivity contribution in [3.63, 3.8) is 0 Å². The average molecular weight is 250 g/mol. The highest BCUT2D eigenvalue weighted by Crippen LogP contribution is 2.31. The van der Waals surface area contributed by atoms with Gasteiger partial charge >= 0.3 is 0 Å². The third-order valence-electron chi connectivity index (χ3n) is 3.05. The number of halogens is 1. The molecule has 0 N–H and O–H groups in total. The van der Waals surface area contributed by atoms with Gasteiger partial charge in [-0.3, -0.25) is 4.79 Å². The van der Waals surface area contributed by atoms with Crippen molar-refractivity contribution in [1.82, 2.24) is 0 Å². The normalized spacial score (nSPS) is 15.6. The van der Waals surface area contributed by atoms with Crippen molar-refractivity contribution in [2.75, 3.05) is 6.61 Å². The summed E-state index contributed by atoms with van der Waals surface area (Å²) in [4.78, 5) is 12.1. The number of hydrogen-bond donors (Lipinski definition) is 0. The summed E-state index contributed by atoms with van der Waals surface area (Å²) in [6, 6.07) is 4.35. The Bertz CT molecular complexity index is 456. The molecule has 3 heteroatoms. The highest BCUT2D eigenvalue weighted by Gasteiger charge is 2.25. The van der Waals surface area contributed by atoms with Crippen molar-refractivity contribution in [2.45, 2.75) is 33.6 Å². The van der Waals surface area contributed by atoms with Gasteiger partial charge in [-0.2, -0.15) is 0 Å². The maximum Gasteiger partial charge on any atom is 0.168 e. The third kappa shape index (κ3) is 3.09. The lowest BCUT2D eigenvalue weighted by atomic mass is 9.86. The van der Waals surface area contributed by atoms with E-state index in [0.29, 0.717) is 18.1 Å². The highest BCUT2D eigenvalue weighted by molar-refractivity contribution is 6.00. The predicted octanol–water partition coefficient (Wildman–Crippen LogP) is 3.84. The second kappa shape index (κ2) is 4.71. The van der Waals surface area contributed by atoms with Crippen molar-refractivity contribution in [3.05, 3.63) is 29.6 Å². The molecular formula is C15H19FO2. The van der Waals surface area contributed by atoms with Crippen LogP contribution in [0.3, 0.4) is 0 Å². The number of ketones is 1. The molecule has 1 aliphatic rings. The first kappa shape index (κ1) is 13.1. The molecule has 0 saturated heterocycles. The van der Waals surface area contributed by atoms with Gasteiger partial charge < -0.3 is 4.74 Å². The molecule has 0 unspecified atom stereocenters. The molecule has 0 amide bonds. The number of hydrogen-bond acceptors (Lipinski definition) is 2. The zero-order valence-corrected chi connectivity index (χ0v) is 11.1. The van der Waals surface area contributed by atoms with E-state index >= 15 is 0 Å². The van der Waals surface area contributed by atoms with Crippen LogP contribution in [0.25, 0.3) is 0 Å². The number of carbonyl (C=O) groups is 1. The van der Waals surface area contributed by atoms with E-state index in [-0.39, 0.29) is 11.5 Å². The summed E-state index contributed by atoms with van der Waals surface area (Å²) in [6.45, 7) is 6.10. The number of ether oxygens (including phenoxy) is 1. The molecule has 0 bridgehead atoms. The summed E-state index contributed by atoms with van der Waals surface area (Å²) in [6.07, 6.45) is 2.31. The van der Waals surface area contributed by atoms with Gasteiger partial charge in [0.1, 0.15) is 0 Å². The summed E-state index contributed by atoms with van der Waals surface area (Å²) in [7, 11) is 0. The van der Waals surface area contributed by atoms with Gasteiger partial charge in [0.15, 0.2) is 17.3 Å². The first-order valence-corrected chi connectivity index (χ1v) is 6.35. The van der Waals surface area contributed by atoms with Crippen LogP contribution < -0.4 is 4.74 Å². The van der Waals surface area contributed by atoms with Gasteiger partial charge in [0, 0.05) is 11.0 Å². The minimum absolute atomic E-state index is 0.00114. The first-order valence-electron chi connectivity index (χ1n) is 6.35. The highest BCUT2D eigenvalue weighted by atomic mass is 19.1. The maximum atomic E-state index is 13.6. The van der Waals surface area contributed by atoms with E-state index < -0.39 is 11.2 Å². The smallest absolute Gasteiger partial charge is 0.168 e. The first-order chi connectivity index (χ1) is 8.38. The molecule has 1 aliphatic carbocycles. The molecule has 0 heterocycles. The van der Waals surface area contributed by atoms with E-state index in [1.165, 1.54) is 18.2 Å². The third-order valence-corrected chi connectivity index (χ3v) is 3.05. The van der Waals surface area contributed by atoms with Gasteiger partial charge in [-0.15, -0.1) is 0 Å². The van der Waals surface area contributed by atoms with E-state index in [4.69, 9.17) is 4.74 Å². The van der Waals surface area contributed by atoms with E-state index in [9.17, 15) is 9.18 Å². The molecule has 1 fully saturated rings. The van der Waals surface area contributed by atoms with Crippen molar-refractivity contribution in [2.24, 2.45) is 11.3 Å². The lowest BCUT2D eigenvalue weighted by Crippen LogP contribution is -2.20. The van der Waals surface area contributed by atoms with Crippen LogP contribution in [-0.4, -0.2) is 12.4 Å². The molecule has 0 aliphatic heterocycles. The van der Waals surface area contributed by atoms with Crippen LogP contribution in [0.5, 0.6) is 5.75 Å². The molecule has 1 aromatic carbocycles. The topological polar surface area (TPSA) is 26.3 Å². The molecule has 0 radical (unpaired) electrons. The molecular weight excluding hydrogens is 231 g/mol. The summed E-state index contributed by atoms with van der Waals surface area (Å²) in [5, 5.41) is 0. The van der Waals surface area contributed by atoms with Gasteiger partial charge in [0.2, 0.25) is 0 Å². The predicted molar refractivity (Wildman–Crippen MR) is 68.4 cm³/mol. The average Bonchev–Trinajstić information content (AvgIpc) is 3.10. The van der Waals surface area contributed by atoms with E-state index in [2.05, 4.69) is 0 Å². The van der Waals surface area contributed by atoms with Crippen LogP contribution in [0.15, 0.2) is 18.2 Å². The maximum absolute atomic E-state index is 13.6. The Morgan fingerprint density at radius 2 is 2.06 bits per heavy atom. The van der Waals surface area contributed by atoms with Gasteiger partial charge in [-0.05, 0) is 37.0 Å². The fourth-order valence-electron chi connectivity index (χ4n) is 1.68. The van der Waals surface area contributed by atoms with Crippen LogP contribution in [0, 0.1) is 17.2 Å². The molecule has 2 rings (SSSR count). The van der Waals surface area contributed by atoms with Crippen molar-refractivity contribution < 1.29 is 13.9 Å². The van der Waals surface area contributed by atoms with Crippen molar-refractivity contribution >= 4 is 5.78 Å². The van der Waals surface area contributed by atoms with E-state index in [1.54, 1.807) is 0 Å². The van der Waals surface area contributed by atoms with E-state index in [0.717, 1.165) is 12.8 Å². The van der Waals surface area contributed by atoms with Crippen LogP contribution in [0.2, 0.25) is 0 Å². The van der Waals surface area contributed by atoms with Crippen molar-refractivity contribution in [3.8, 4) is 5.75 Å².